The van der Waals surface area contributed by atoms with E-state index in [1.54, 1.807) is 24.0 Å². The molecule has 1 aliphatic rings. The molecule has 1 aliphatic heterocycles. The number of pyridine rings is 1. The van der Waals surface area contributed by atoms with Gasteiger partial charge in [0.15, 0.2) is 0 Å². The summed E-state index contributed by atoms with van der Waals surface area (Å²) in [6, 6.07) is 9.90. The van der Waals surface area contributed by atoms with Crippen molar-refractivity contribution in [2.75, 3.05) is 6.54 Å². The smallest absolute Gasteiger partial charge is 0.256 e. The molecule has 4 heterocycles. The monoisotopic (exact) mass is 462 g/mol. The van der Waals surface area contributed by atoms with Gasteiger partial charge in [0.05, 0.1) is 33.5 Å². The molecule has 6 nitrogen and oxygen atoms in total. The molecule has 33 heavy (non-hydrogen) atoms. The number of oxazole rings is 1. The van der Waals surface area contributed by atoms with Crippen LogP contribution in [0.1, 0.15) is 58.6 Å². The number of carbonyl (C=O) groups is 1. The molecule has 1 saturated heterocycles. The van der Waals surface area contributed by atoms with Gasteiger partial charge in [-0.2, -0.15) is 0 Å². The molecule has 8 heteroatoms. The van der Waals surface area contributed by atoms with E-state index in [0.29, 0.717) is 30.2 Å². The number of hydrogen-bond acceptors (Lipinski definition) is 6. The highest BCUT2D eigenvalue weighted by molar-refractivity contribution is 7.13. The van der Waals surface area contributed by atoms with Gasteiger partial charge < -0.3 is 9.32 Å². The lowest BCUT2D eigenvalue weighted by molar-refractivity contribution is 0.0569. The molecule has 1 atom stereocenters. The third-order valence-electron chi connectivity index (χ3n) is 5.88. The van der Waals surface area contributed by atoms with Crippen molar-refractivity contribution in [3.63, 3.8) is 0 Å². The zero-order valence-corrected chi connectivity index (χ0v) is 19.0. The summed E-state index contributed by atoms with van der Waals surface area (Å²) in [5.41, 5.74) is 4.90. The molecular formula is C25H23FN4O2S. The number of nitrogens with zero attached hydrogens (tertiary/aromatic N) is 4. The minimum absolute atomic E-state index is 0.0790. The first kappa shape index (κ1) is 21.5. The Bertz CT molecular complexity index is 1270. The molecule has 1 amide bonds. The van der Waals surface area contributed by atoms with Gasteiger partial charge in [0.25, 0.3) is 5.91 Å². The summed E-state index contributed by atoms with van der Waals surface area (Å²) in [5.74, 6) is 0.824. The van der Waals surface area contributed by atoms with Crippen LogP contribution in [-0.2, 0) is 6.42 Å². The number of thiazole rings is 1. The number of benzene rings is 1. The number of aryl methyl sites for hydroxylation is 1. The van der Waals surface area contributed by atoms with Gasteiger partial charge in [0, 0.05) is 19.2 Å². The van der Waals surface area contributed by atoms with Crippen LogP contribution in [0.15, 0.2) is 58.7 Å². The van der Waals surface area contributed by atoms with Crippen molar-refractivity contribution in [1.82, 2.24) is 19.9 Å². The van der Waals surface area contributed by atoms with Crippen LogP contribution in [-0.4, -0.2) is 32.3 Å². The van der Waals surface area contributed by atoms with E-state index in [1.807, 2.05) is 30.0 Å². The zero-order valence-electron chi connectivity index (χ0n) is 18.2. The van der Waals surface area contributed by atoms with Gasteiger partial charge in [-0.1, -0.05) is 12.1 Å². The summed E-state index contributed by atoms with van der Waals surface area (Å²) in [4.78, 5) is 29.4. The van der Waals surface area contributed by atoms with E-state index in [1.165, 1.54) is 23.5 Å². The number of halogens is 1. The molecule has 168 valence electrons. The Balaban J connectivity index is 1.34. The Labute approximate surface area is 195 Å². The first-order valence-electron chi connectivity index (χ1n) is 10.9. The second kappa shape index (κ2) is 9.23. The Morgan fingerprint density at radius 3 is 2.85 bits per heavy atom. The first-order valence-corrected chi connectivity index (χ1v) is 11.8. The van der Waals surface area contributed by atoms with Crippen molar-refractivity contribution in [2.24, 2.45) is 0 Å². The van der Waals surface area contributed by atoms with Crippen LogP contribution >= 0.6 is 11.3 Å². The standard InChI is InChI=1S/C25H23FN4O2S/c1-16-23(33-15-29-16)21-9-8-18(13-27-21)25(31)30-10-3-2-7-22(30)24-28-14-20(32-24)12-17-5-4-6-19(26)11-17/h4-6,8-9,11,13-15,22H,2-3,7,10,12H2,1H3. The van der Waals surface area contributed by atoms with Crippen molar-refractivity contribution < 1.29 is 13.6 Å². The Morgan fingerprint density at radius 1 is 1.18 bits per heavy atom. The average molecular weight is 463 g/mol. The maximum atomic E-state index is 13.5. The van der Waals surface area contributed by atoms with Crippen molar-refractivity contribution in [2.45, 2.75) is 38.6 Å². The van der Waals surface area contributed by atoms with Crippen molar-refractivity contribution >= 4 is 17.2 Å². The Kier molecular flexibility index (Phi) is 6.00. The number of carbonyl (C=O) groups excluding carboxylic acids is 1. The number of rotatable bonds is 5. The molecule has 0 saturated carbocycles. The number of likely N-dealkylation sites (tertiary alicyclic amines) is 1. The van der Waals surface area contributed by atoms with E-state index in [0.717, 1.165) is 41.1 Å². The molecule has 0 N–H and O–H groups in total. The van der Waals surface area contributed by atoms with Gasteiger partial charge in [0.1, 0.15) is 17.6 Å². The predicted molar refractivity (Wildman–Crippen MR) is 123 cm³/mol. The lowest BCUT2D eigenvalue weighted by atomic mass is 10.0. The fourth-order valence-corrected chi connectivity index (χ4v) is 4.99. The van der Waals surface area contributed by atoms with Crippen LogP contribution in [0, 0.1) is 12.7 Å². The third kappa shape index (κ3) is 4.57. The maximum Gasteiger partial charge on any atom is 0.256 e. The van der Waals surface area contributed by atoms with Crippen LogP contribution < -0.4 is 0 Å². The van der Waals surface area contributed by atoms with Crippen molar-refractivity contribution in [3.05, 3.63) is 88.6 Å². The Hall–Kier alpha value is -3.39. The topological polar surface area (TPSA) is 72.1 Å². The highest BCUT2D eigenvalue weighted by atomic mass is 32.1. The van der Waals surface area contributed by atoms with Crippen molar-refractivity contribution in [1.29, 1.82) is 0 Å². The van der Waals surface area contributed by atoms with Gasteiger partial charge in [-0.05, 0) is 56.0 Å². The van der Waals surface area contributed by atoms with E-state index >= 15 is 0 Å². The average Bonchev–Trinajstić information content (AvgIpc) is 3.48. The normalized spacial score (nSPS) is 16.2. The Morgan fingerprint density at radius 2 is 2.09 bits per heavy atom. The highest BCUT2D eigenvalue weighted by Gasteiger charge is 2.32. The number of piperidine rings is 1. The van der Waals surface area contributed by atoms with E-state index in [2.05, 4.69) is 15.0 Å². The molecule has 3 aromatic heterocycles. The molecule has 1 unspecified atom stereocenters. The molecule has 1 aromatic carbocycles. The summed E-state index contributed by atoms with van der Waals surface area (Å²) in [5, 5.41) is 0. The van der Waals surface area contributed by atoms with Gasteiger partial charge >= 0.3 is 0 Å². The number of amides is 1. The molecule has 5 rings (SSSR count). The van der Waals surface area contributed by atoms with Crippen LogP contribution in [0.5, 0.6) is 0 Å². The molecule has 0 aliphatic carbocycles. The van der Waals surface area contributed by atoms with Crippen molar-refractivity contribution in [3.8, 4) is 10.6 Å². The first-order chi connectivity index (χ1) is 16.1. The van der Waals surface area contributed by atoms with Crippen LogP contribution in [0.25, 0.3) is 10.6 Å². The minimum atomic E-state index is -0.276. The quantitative estimate of drug-likeness (QED) is 0.386. The fraction of sp³-hybridized carbons (Fsp3) is 0.280. The largest absolute Gasteiger partial charge is 0.443 e. The van der Waals surface area contributed by atoms with Crippen LogP contribution in [0.4, 0.5) is 4.39 Å². The SMILES string of the molecule is Cc1ncsc1-c1ccc(C(=O)N2CCCCC2c2ncc(Cc3cccc(F)c3)o2)cn1. The summed E-state index contributed by atoms with van der Waals surface area (Å²) in [6.07, 6.45) is 6.48. The zero-order chi connectivity index (χ0) is 22.8. The second-order valence-electron chi connectivity index (χ2n) is 8.18. The summed E-state index contributed by atoms with van der Waals surface area (Å²) in [6.45, 7) is 2.59. The van der Waals surface area contributed by atoms with Crippen LogP contribution in [0.2, 0.25) is 0 Å². The lowest BCUT2D eigenvalue weighted by Gasteiger charge is -2.33. The molecule has 0 bridgehead atoms. The summed E-state index contributed by atoms with van der Waals surface area (Å²) in [7, 11) is 0. The second-order valence-corrected chi connectivity index (χ2v) is 9.04. The highest BCUT2D eigenvalue weighted by Crippen LogP contribution is 2.33. The predicted octanol–water partition coefficient (Wildman–Crippen LogP) is 5.60. The molecule has 0 spiro atoms. The third-order valence-corrected chi connectivity index (χ3v) is 6.83. The summed E-state index contributed by atoms with van der Waals surface area (Å²) < 4.78 is 19.5. The minimum Gasteiger partial charge on any atom is -0.443 e. The van der Waals surface area contributed by atoms with E-state index < -0.39 is 0 Å². The lowest BCUT2D eigenvalue weighted by Crippen LogP contribution is -2.38. The van der Waals surface area contributed by atoms with Gasteiger partial charge in [-0.3, -0.25) is 9.78 Å². The number of hydrogen-bond donors (Lipinski definition) is 0. The summed E-state index contributed by atoms with van der Waals surface area (Å²) >= 11 is 1.54. The van der Waals surface area contributed by atoms with Gasteiger partial charge in [-0.15, -0.1) is 11.3 Å². The maximum absolute atomic E-state index is 13.5. The van der Waals surface area contributed by atoms with Gasteiger partial charge in [-0.25, -0.2) is 14.4 Å². The van der Waals surface area contributed by atoms with E-state index in [4.69, 9.17) is 4.42 Å². The van der Waals surface area contributed by atoms with Crippen LogP contribution in [0.3, 0.4) is 0 Å². The molecule has 4 aromatic rings. The van der Waals surface area contributed by atoms with E-state index in [-0.39, 0.29) is 17.8 Å². The number of aromatic nitrogens is 3. The molecule has 1 fully saturated rings. The fourth-order valence-electron chi connectivity index (χ4n) is 4.21. The van der Waals surface area contributed by atoms with E-state index in [9.17, 15) is 9.18 Å². The van der Waals surface area contributed by atoms with Gasteiger partial charge in [0.2, 0.25) is 5.89 Å². The molecular weight excluding hydrogens is 439 g/mol. The molecule has 0 radical (unpaired) electrons.